The summed E-state index contributed by atoms with van der Waals surface area (Å²) in [5.74, 6) is -0.368. The Morgan fingerprint density at radius 3 is 2.94 bits per heavy atom. The van der Waals surface area contributed by atoms with E-state index in [4.69, 9.17) is 5.26 Å². The van der Waals surface area contributed by atoms with E-state index in [0.29, 0.717) is 17.7 Å². The SMILES string of the molecule is CN1CCC(NCc2cc(F)cc(C#N)c2)C1=O. The molecule has 1 unspecified atom stereocenters. The molecule has 1 N–H and O–H groups in total. The number of rotatable bonds is 3. The van der Waals surface area contributed by atoms with Gasteiger partial charge < -0.3 is 10.2 Å². The second-order valence-corrected chi connectivity index (χ2v) is 4.44. The molecule has 1 aromatic rings. The molecule has 5 heteroatoms. The molecule has 1 saturated heterocycles. The van der Waals surface area contributed by atoms with Crippen LogP contribution in [0.15, 0.2) is 18.2 Å². The lowest BCUT2D eigenvalue weighted by Crippen LogP contribution is -2.36. The van der Waals surface area contributed by atoms with Crippen LogP contribution in [0.5, 0.6) is 0 Å². The summed E-state index contributed by atoms with van der Waals surface area (Å²) in [6.45, 7) is 1.12. The summed E-state index contributed by atoms with van der Waals surface area (Å²) in [6.07, 6.45) is 0.760. The van der Waals surface area contributed by atoms with Crippen LogP contribution >= 0.6 is 0 Å². The Bertz CT molecular complexity index is 509. The van der Waals surface area contributed by atoms with E-state index in [2.05, 4.69) is 5.32 Å². The van der Waals surface area contributed by atoms with Crippen molar-refractivity contribution in [3.8, 4) is 6.07 Å². The number of hydrogen-bond acceptors (Lipinski definition) is 3. The fourth-order valence-electron chi connectivity index (χ4n) is 2.07. The van der Waals surface area contributed by atoms with Crippen molar-refractivity contribution >= 4 is 5.91 Å². The highest BCUT2D eigenvalue weighted by molar-refractivity contribution is 5.83. The molecular weight excluding hydrogens is 233 g/mol. The molecule has 0 radical (unpaired) electrons. The van der Waals surface area contributed by atoms with Gasteiger partial charge in [0.2, 0.25) is 5.91 Å². The maximum Gasteiger partial charge on any atom is 0.239 e. The normalized spacial score (nSPS) is 19.1. The minimum Gasteiger partial charge on any atom is -0.344 e. The number of halogens is 1. The molecule has 94 valence electrons. The molecule has 0 aliphatic carbocycles. The van der Waals surface area contributed by atoms with Crippen molar-refractivity contribution in [2.45, 2.75) is 19.0 Å². The highest BCUT2D eigenvalue weighted by Crippen LogP contribution is 2.12. The zero-order valence-corrected chi connectivity index (χ0v) is 10.1. The quantitative estimate of drug-likeness (QED) is 0.867. The van der Waals surface area contributed by atoms with Crippen LogP contribution in [0, 0.1) is 17.1 Å². The highest BCUT2D eigenvalue weighted by Gasteiger charge is 2.28. The van der Waals surface area contributed by atoms with Crippen LogP contribution in [0.2, 0.25) is 0 Å². The lowest BCUT2D eigenvalue weighted by molar-refractivity contribution is -0.128. The molecule has 1 atom stereocenters. The first-order valence-electron chi connectivity index (χ1n) is 5.78. The van der Waals surface area contributed by atoms with Crippen molar-refractivity contribution in [1.29, 1.82) is 5.26 Å². The third-order valence-corrected chi connectivity index (χ3v) is 3.07. The Labute approximate surface area is 105 Å². The Morgan fingerprint density at radius 1 is 1.56 bits per heavy atom. The Kier molecular flexibility index (Phi) is 3.58. The molecule has 1 aromatic carbocycles. The molecule has 1 amide bonds. The standard InChI is InChI=1S/C13H14FN3O/c1-17-3-2-12(13(17)18)16-8-10-4-9(7-15)5-11(14)6-10/h4-6,12,16H,2-3,8H2,1H3. The monoisotopic (exact) mass is 247 g/mol. The summed E-state index contributed by atoms with van der Waals surface area (Å²) in [4.78, 5) is 13.3. The van der Waals surface area contributed by atoms with E-state index in [9.17, 15) is 9.18 Å². The molecule has 4 nitrogen and oxygen atoms in total. The molecule has 1 heterocycles. The van der Waals surface area contributed by atoms with Crippen molar-refractivity contribution < 1.29 is 9.18 Å². The summed E-state index contributed by atoms with van der Waals surface area (Å²) in [5.41, 5.74) is 0.968. The minimum absolute atomic E-state index is 0.0620. The average Bonchev–Trinajstić information content (AvgIpc) is 2.67. The van der Waals surface area contributed by atoms with Gasteiger partial charge in [-0.1, -0.05) is 0 Å². The van der Waals surface area contributed by atoms with Gasteiger partial charge in [0.25, 0.3) is 0 Å². The summed E-state index contributed by atoms with van der Waals surface area (Å²) >= 11 is 0. The van der Waals surface area contributed by atoms with Gasteiger partial charge in [-0.2, -0.15) is 5.26 Å². The van der Waals surface area contributed by atoms with Gasteiger partial charge in [0.15, 0.2) is 0 Å². The topological polar surface area (TPSA) is 56.1 Å². The van der Waals surface area contributed by atoms with Crippen LogP contribution in [0.3, 0.4) is 0 Å². The molecule has 0 saturated carbocycles. The smallest absolute Gasteiger partial charge is 0.239 e. The van der Waals surface area contributed by atoms with Crippen molar-refractivity contribution in [1.82, 2.24) is 10.2 Å². The molecule has 1 aliphatic rings. The van der Waals surface area contributed by atoms with Crippen LogP contribution in [0.4, 0.5) is 4.39 Å². The number of carbonyl (C=O) groups is 1. The first-order chi connectivity index (χ1) is 8.60. The van der Waals surface area contributed by atoms with Crippen molar-refractivity contribution in [2.75, 3.05) is 13.6 Å². The number of hydrogen-bond donors (Lipinski definition) is 1. The van der Waals surface area contributed by atoms with Crippen molar-refractivity contribution in [3.05, 3.63) is 35.1 Å². The van der Waals surface area contributed by atoms with Gasteiger partial charge in [0.05, 0.1) is 17.7 Å². The molecule has 2 rings (SSSR count). The summed E-state index contributed by atoms with van der Waals surface area (Å²) in [5, 5.41) is 11.8. The first-order valence-corrected chi connectivity index (χ1v) is 5.78. The molecule has 18 heavy (non-hydrogen) atoms. The number of carbonyl (C=O) groups excluding carboxylic acids is 1. The van der Waals surface area contributed by atoms with Gasteiger partial charge in [-0.25, -0.2) is 4.39 Å². The van der Waals surface area contributed by atoms with Crippen LogP contribution < -0.4 is 5.32 Å². The van der Waals surface area contributed by atoms with Crippen molar-refractivity contribution in [2.24, 2.45) is 0 Å². The number of amides is 1. The van der Waals surface area contributed by atoms with Crippen LogP contribution in [-0.2, 0) is 11.3 Å². The Hall–Kier alpha value is -1.93. The molecular formula is C13H14FN3O. The largest absolute Gasteiger partial charge is 0.344 e. The fourth-order valence-corrected chi connectivity index (χ4v) is 2.07. The van der Waals surface area contributed by atoms with Crippen LogP contribution in [0.25, 0.3) is 0 Å². The third kappa shape index (κ3) is 2.66. The maximum atomic E-state index is 13.2. The van der Waals surface area contributed by atoms with E-state index in [1.165, 1.54) is 12.1 Å². The minimum atomic E-state index is -0.430. The Morgan fingerprint density at radius 2 is 2.33 bits per heavy atom. The van der Waals surface area contributed by atoms with Crippen molar-refractivity contribution in [3.63, 3.8) is 0 Å². The van der Waals surface area contributed by atoms with Gasteiger partial charge in [0.1, 0.15) is 5.82 Å². The fraction of sp³-hybridized carbons (Fsp3) is 0.385. The van der Waals surface area contributed by atoms with Gasteiger partial charge in [-0.15, -0.1) is 0 Å². The average molecular weight is 247 g/mol. The predicted molar refractivity (Wildman–Crippen MR) is 64.0 cm³/mol. The zero-order chi connectivity index (χ0) is 13.1. The van der Waals surface area contributed by atoms with E-state index >= 15 is 0 Å². The van der Waals surface area contributed by atoms with Crippen LogP contribution in [-0.4, -0.2) is 30.4 Å². The van der Waals surface area contributed by atoms with E-state index in [0.717, 1.165) is 13.0 Å². The summed E-state index contributed by atoms with van der Waals surface area (Å²) in [6, 6.07) is 5.89. The second-order valence-electron chi connectivity index (χ2n) is 4.44. The molecule has 0 spiro atoms. The Balaban J connectivity index is 2.01. The molecule has 0 bridgehead atoms. The second kappa shape index (κ2) is 5.15. The molecule has 1 fully saturated rings. The molecule has 0 aromatic heterocycles. The van der Waals surface area contributed by atoms with Gasteiger partial charge in [0, 0.05) is 20.1 Å². The number of benzene rings is 1. The lowest BCUT2D eigenvalue weighted by Gasteiger charge is -2.12. The van der Waals surface area contributed by atoms with E-state index in [-0.39, 0.29) is 11.9 Å². The number of likely N-dealkylation sites (N-methyl/N-ethyl adjacent to an activating group) is 1. The summed E-state index contributed by atoms with van der Waals surface area (Å²) in [7, 11) is 1.76. The van der Waals surface area contributed by atoms with E-state index < -0.39 is 5.82 Å². The van der Waals surface area contributed by atoms with Crippen LogP contribution in [0.1, 0.15) is 17.5 Å². The molecule has 1 aliphatic heterocycles. The number of nitrogens with one attached hydrogen (secondary N) is 1. The van der Waals surface area contributed by atoms with Gasteiger partial charge >= 0.3 is 0 Å². The maximum absolute atomic E-state index is 13.2. The zero-order valence-electron chi connectivity index (χ0n) is 10.1. The highest BCUT2D eigenvalue weighted by atomic mass is 19.1. The predicted octanol–water partition coefficient (Wildman–Crippen LogP) is 1.02. The van der Waals surface area contributed by atoms with Gasteiger partial charge in [-0.3, -0.25) is 4.79 Å². The summed E-state index contributed by atoms with van der Waals surface area (Å²) < 4.78 is 13.2. The number of likely N-dealkylation sites (tertiary alicyclic amines) is 1. The third-order valence-electron chi connectivity index (χ3n) is 3.07. The number of nitriles is 1. The lowest BCUT2D eigenvalue weighted by atomic mass is 10.1. The van der Waals surface area contributed by atoms with E-state index in [1.807, 2.05) is 6.07 Å². The van der Waals surface area contributed by atoms with Gasteiger partial charge in [-0.05, 0) is 30.2 Å². The first kappa shape index (κ1) is 12.5. The number of nitrogens with zero attached hydrogens (tertiary/aromatic N) is 2. The van der Waals surface area contributed by atoms with E-state index in [1.54, 1.807) is 18.0 Å².